The average Bonchev–Trinajstić information content (AvgIpc) is 3.61. The summed E-state index contributed by atoms with van der Waals surface area (Å²) in [5.41, 5.74) is 6.88. The van der Waals surface area contributed by atoms with Crippen LogP contribution in [0.15, 0.2) is 28.7 Å². The molecule has 0 bridgehead atoms. The van der Waals surface area contributed by atoms with Crippen LogP contribution in [0.1, 0.15) is 68.3 Å². The van der Waals surface area contributed by atoms with Crippen molar-refractivity contribution in [3.8, 4) is 0 Å². The van der Waals surface area contributed by atoms with Gasteiger partial charge in [0.25, 0.3) is 0 Å². The van der Waals surface area contributed by atoms with Crippen LogP contribution >= 0.6 is 0 Å². The summed E-state index contributed by atoms with van der Waals surface area (Å²) in [6.45, 7) is -0.00860. The van der Waals surface area contributed by atoms with Crippen molar-refractivity contribution in [1.29, 1.82) is 0 Å². The number of aromatic carboxylic acids is 1. The van der Waals surface area contributed by atoms with Crippen LogP contribution in [0.5, 0.6) is 0 Å². The summed E-state index contributed by atoms with van der Waals surface area (Å²) in [7, 11) is 1.74. The van der Waals surface area contributed by atoms with Crippen LogP contribution in [0.4, 0.5) is 10.1 Å². The number of likely N-dealkylation sites (tertiary alicyclic amines) is 1. The molecule has 2 heterocycles. The van der Waals surface area contributed by atoms with Gasteiger partial charge in [0, 0.05) is 36.7 Å². The Morgan fingerprint density at radius 2 is 1.82 bits per heavy atom. The van der Waals surface area contributed by atoms with E-state index in [0.29, 0.717) is 42.0 Å². The Bertz CT molecular complexity index is 1220. The van der Waals surface area contributed by atoms with E-state index in [4.69, 9.17) is 14.9 Å². The van der Waals surface area contributed by atoms with E-state index in [1.165, 1.54) is 6.07 Å². The number of fused-ring (bicyclic) bond motifs is 1. The number of carboxylic acid groups (broad SMARTS) is 1. The van der Waals surface area contributed by atoms with Crippen LogP contribution in [-0.4, -0.2) is 66.3 Å². The standard InChI is InChI=1S/C30H40FN3O6/c1-39-22-9-6-17(7-10-22)23-12-13-34(29(36)19-4-2-18(3-5-19)24(32)16-31)27(23)28(35)33-21-8-11-25-20(14-21)15-26(40-25)30(37)38/h8,11,14-15,17-19,22-24,27H,2-7,9-10,12-13,16,32H2,1H3,(H,33,35)(H,37,38)/t17?,18?,19?,22?,23-,24-,27-/m1/s1. The number of anilines is 1. The molecule has 0 unspecified atom stereocenters. The van der Waals surface area contributed by atoms with Gasteiger partial charge >= 0.3 is 5.97 Å². The Balaban J connectivity index is 1.34. The molecule has 3 atom stereocenters. The smallest absolute Gasteiger partial charge is 0.371 e. The van der Waals surface area contributed by atoms with E-state index in [9.17, 15) is 23.9 Å². The Hall–Kier alpha value is -2.98. The zero-order valence-corrected chi connectivity index (χ0v) is 23.0. The first kappa shape index (κ1) is 28.5. The molecule has 40 heavy (non-hydrogen) atoms. The fourth-order valence-electron chi connectivity index (χ4n) is 7.24. The van der Waals surface area contributed by atoms with Crippen molar-refractivity contribution < 1.29 is 33.0 Å². The summed E-state index contributed by atoms with van der Waals surface area (Å²) in [6, 6.07) is 5.38. The number of carboxylic acids is 1. The number of nitrogens with one attached hydrogen (secondary N) is 1. The van der Waals surface area contributed by atoms with E-state index >= 15 is 0 Å². The Morgan fingerprint density at radius 1 is 1.10 bits per heavy atom. The van der Waals surface area contributed by atoms with Crippen LogP contribution in [-0.2, 0) is 14.3 Å². The van der Waals surface area contributed by atoms with Gasteiger partial charge < -0.3 is 30.2 Å². The highest BCUT2D eigenvalue weighted by Gasteiger charge is 2.47. The summed E-state index contributed by atoms with van der Waals surface area (Å²) in [4.78, 5) is 40.8. The quantitative estimate of drug-likeness (QED) is 0.432. The topological polar surface area (TPSA) is 135 Å². The molecule has 2 saturated carbocycles. The number of methoxy groups -OCH3 is 1. The number of nitrogens with zero attached hydrogens (tertiary/aromatic N) is 1. The number of carbonyl (C=O) groups is 3. The van der Waals surface area contributed by atoms with Gasteiger partial charge in [0.2, 0.25) is 17.6 Å². The van der Waals surface area contributed by atoms with Crippen molar-refractivity contribution in [2.75, 3.05) is 25.6 Å². The van der Waals surface area contributed by atoms with Crippen molar-refractivity contribution in [3.63, 3.8) is 0 Å². The van der Waals surface area contributed by atoms with Crippen LogP contribution in [0, 0.1) is 23.7 Å². The fourth-order valence-corrected chi connectivity index (χ4v) is 7.24. The third-order valence-electron chi connectivity index (χ3n) is 9.55. The lowest BCUT2D eigenvalue weighted by Crippen LogP contribution is -2.50. The third kappa shape index (κ3) is 5.88. The highest BCUT2D eigenvalue weighted by molar-refractivity contribution is 6.00. The van der Waals surface area contributed by atoms with E-state index < -0.39 is 24.7 Å². The van der Waals surface area contributed by atoms with E-state index in [1.54, 1.807) is 30.2 Å². The SMILES string of the molecule is COC1CCC([C@H]2CCN(C(=O)C3CCC([C@H](N)CF)CC3)[C@H]2C(=O)Nc2ccc3oc(C(=O)O)cc3c2)CC1. The van der Waals surface area contributed by atoms with Gasteiger partial charge in [-0.3, -0.25) is 9.59 Å². The van der Waals surface area contributed by atoms with Gasteiger partial charge in [-0.2, -0.15) is 0 Å². The predicted molar refractivity (Wildman–Crippen MR) is 148 cm³/mol. The molecule has 1 aromatic carbocycles. The molecule has 1 aliphatic heterocycles. The minimum atomic E-state index is -1.16. The normalized spacial score (nSPS) is 29.8. The number of halogens is 1. The highest BCUT2D eigenvalue weighted by Crippen LogP contribution is 2.42. The lowest BCUT2D eigenvalue weighted by Gasteiger charge is -2.37. The number of carbonyl (C=O) groups excluding carboxylic acids is 2. The van der Waals surface area contributed by atoms with Gasteiger partial charge in [-0.15, -0.1) is 0 Å². The minimum absolute atomic E-state index is 0.0110. The summed E-state index contributed by atoms with van der Waals surface area (Å²) < 4.78 is 24.0. The summed E-state index contributed by atoms with van der Waals surface area (Å²) in [5.74, 6) is -1.25. The lowest BCUT2D eigenvalue weighted by atomic mass is 9.75. The molecule has 2 amide bonds. The minimum Gasteiger partial charge on any atom is -0.475 e. The van der Waals surface area contributed by atoms with Gasteiger partial charge in [0.1, 0.15) is 18.3 Å². The summed E-state index contributed by atoms with van der Waals surface area (Å²) in [6.07, 6.45) is 7.59. The lowest BCUT2D eigenvalue weighted by molar-refractivity contribution is -0.142. The zero-order valence-electron chi connectivity index (χ0n) is 23.0. The number of furan rings is 1. The van der Waals surface area contributed by atoms with Gasteiger partial charge in [-0.05, 0) is 99.8 Å². The van der Waals surface area contributed by atoms with E-state index in [1.807, 2.05) is 0 Å². The molecule has 3 fully saturated rings. The molecule has 1 aromatic heterocycles. The van der Waals surface area contributed by atoms with E-state index in [0.717, 1.165) is 44.9 Å². The van der Waals surface area contributed by atoms with E-state index in [2.05, 4.69) is 5.32 Å². The second kappa shape index (κ2) is 12.3. The van der Waals surface area contributed by atoms with Crippen molar-refractivity contribution in [1.82, 2.24) is 4.90 Å². The zero-order chi connectivity index (χ0) is 28.4. The second-order valence-corrected chi connectivity index (χ2v) is 11.8. The maximum Gasteiger partial charge on any atom is 0.371 e. The number of hydrogen-bond acceptors (Lipinski definition) is 6. The highest BCUT2D eigenvalue weighted by atomic mass is 19.1. The Morgan fingerprint density at radius 3 is 2.48 bits per heavy atom. The van der Waals surface area contributed by atoms with Crippen molar-refractivity contribution in [2.24, 2.45) is 29.4 Å². The number of nitrogens with two attached hydrogens (primary N) is 1. The first-order chi connectivity index (χ1) is 19.3. The fraction of sp³-hybridized carbons (Fsp3) is 0.633. The van der Waals surface area contributed by atoms with Gasteiger partial charge in [0.05, 0.1) is 6.10 Å². The third-order valence-corrected chi connectivity index (χ3v) is 9.55. The molecule has 1 saturated heterocycles. The second-order valence-electron chi connectivity index (χ2n) is 11.8. The molecule has 3 aliphatic rings. The van der Waals surface area contributed by atoms with Crippen LogP contribution in [0.25, 0.3) is 11.0 Å². The largest absolute Gasteiger partial charge is 0.475 e. The number of hydrogen-bond donors (Lipinski definition) is 3. The first-order valence-electron chi connectivity index (χ1n) is 14.5. The maximum absolute atomic E-state index is 13.9. The number of amides is 2. The Labute approximate surface area is 233 Å². The summed E-state index contributed by atoms with van der Waals surface area (Å²) in [5, 5.41) is 12.8. The number of rotatable bonds is 8. The van der Waals surface area contributed by atoms with Gasteiger partial charge in [-0.1, -0.05) is 0 Å². The van der Waals surface area contributed by atoms with Crippen LogP contribution in [0.3, 0.4) is 0 Å². The maximum atomic E-state index is 13.9. The van der Waals surface area contributed by atoms with Gasteiger partial charge in [0.15, 0.2) is 0 Å². The van der Waals surface area contributed by atoms with Crippen molar-refractivity contribution in [2.45, 2.75) is 76.0 Å². The van der Waals surface area contributed by atoms with Crippen molar-refractivity contribution in [3.05, 3.63) is 30.0 Å². The molecular weight excluding hydrogens is 517 g/mol. The predicted octanol–water partition coefficient (Wildman–Crippen LogP) is 4.60. The van der Waals surface area contributed by atoms with Crippen molar-refractivity contribution >= 4 is 34.4 Å². The number of benzene rings is 1. The van der Waals surface area contributed by atoms with Crippen LogP contribution in [0.2, 0.25) is 0 Å². The molecule has 218 valence electrons. The molecule has 0 radical (unpaired) electrons. The number of ether oxygens (including phenoxy) is 1. The van der Waals surface area contributed by atoms with Gasteiger partial charge in [-0.25, -0.2) is 9.18 Å². The average molecular weight is 558 g/mol. The van der Waals surface area contributed by atoms with Crippen LogP contribution < -0.4 is 11.1 Å². The molecule has 0 spiro atoms. The molecule has 2 aromatic rings. The molecule has 9 nitrogen and oxygen atoms in total. The van der Waals surface area contributed by atoms with E-state index in [-0.39, 0.29) is 41.4 Å². The summed E-state index contributed by atoms with van der Waals surface area (Å²) >= 11 is 0. The molecule has 10 heteroatoms. The first-order valence-corrected chi connectivity index (χ1v) is 14.5. The molecule has 5 rings (SSSR count). The molecule has 2 aliphatic carbocycles. The monoisotopic (exact) mass is 557 g/mol. The molecule has 4 N–H and O–H groups in total. The Kier molecular flexibility index (Phi) is 8.75. The number of alkyl halides is 1. The molecular formula is C30H40FN3O6.